The number of benzene rings is 2. The van der Waals surface area contributed by atoms with Crippen LogP contribution in [0.4, 0.5) is 4.39 Å². The van der Waals surface area contributed by atoms with Gasteiger partial charge in [-0.05, 0) is 63.3 Å². The van der Waals surface area contributed by atoms with Gasteiger partial charge in [-0.1, -0.05) is 17.3 Å². The number of ether oxygens (including phenoxy) is 2. The number of aryl methyl sites for hydroxylation is 2. The maximum absolute atomic E-state index is 13.8. The molecule has 1 fully saturated rings. The minimum Gasteiger partial charge on any atom is -0.496 e. The molecule has 0 amide bonds. The molecule has 34 heavy (non-hydrogen) atoms. The summed E-state index contributed by atoms with van der Waals surface area (Å²) in [4.78, 5) is 5.08. The molecule has 2 aromatic heterocycles. The molecule has 0 unspecified atom stereocenters. The quantitative estimate of drug-likeness (QED) is 0.342. The normalized spacial score (nSPS) is 18.5. The summed E-state index contributed by atoms with van der Waals surface area (Å²) >= 11 is 0. The number of imidazole rings is 1. The SMILES string of the molecule is COc1cc(F)ccc1Cc1nc2cc(-c3c(C)noc3C)ccc2n1C1CCC(OC)CC1. The zero-order chi connectivity index (χ0) is 23.8. The largest absolute Gasteiger partial charge is 0.496 e. The molecule has 6 nitrogen and oxygen atoms in total. The predicted molar refractivity (Wildman–Crippen MR) is 129 cm³/mol. The van der Waals surface area contributed by atoms with Crippen LogP contribution in [-0.4, -0.2) is 35.0 Å². The van der Waals surface area contributed by atoms with Gasteiger partial charge >= 0.3 is 0 Å². The first-order chi connectivity index (χ1) is 16.5. The Kier molecular flexibility index (Phi) is 6.13. The Morgan fingerprint density at radius 3 is 2.53 bits per heavy atom. The molecular formula is C27H30FN3O3. The minimum absolute atomic E-state index is 0.309. The van der Waals surface area contributed by atoms with Gasteiger partial charge in [-0.25, -0.2) is 9.37 Å². The Bertz CT molecular complexity index is 1300. The lowest BCUT2D eigenvalue weighted by molar-refractivity contribution is 0.0586. The fourth-order valence-electron chi connectivity index (χ4n) is 5.31. The monoisotopic (exact) mass is 463 g/mol. The molecule has 7 heteroatoms. The van der Waals surface area contributed by atoms with E-state index in [-0.39, 0.29) is 5.82 Å². The Balaban J connectivity index is 1.60. The summed E-state index contributed by atoms with van der Waals surface area (Å²) in [5.41, 5.74) is 5.87. The fourth-order valence-corrected chi connectivity index (χ4v) is 5.31. The molecule has 1 saturated carbocycles. The van der Waals surface area contributed by atoms with Crippen LogP contribution in [0, 0.1) is 19.7 Å². The summed E-state index contributed by atoms with van der Waals surface area (Å²) in [6.45, 7) is 3.88. The molecule has 0 saturated heterocycles. The third-order valence-electron chi connectivity index (χ3n) is 7.02. The van der Waals surface area contributed by atoms with Gasteiger partial charge in [0.1, 0.15) is 23.2 Å². The summed E-state index contributed by atoms with van der Waals surface area (Å²) in [5.74, 6) is 1.98. The van der Waals surface area contributed by atoms with E-state index in [2.05, 4.69) is 27.9 Å². The molecule has 2 aromatic carbocycles. The van der Waals surface area contributed by atoms with Gasteiger partial charge < -0.3 is 18.6 Å². The van der Waals surface area contributed by atoms with E-state index in [1.807, 2.05) is 13.8 Å². The second kappa shape index (κ2) is 9.22. The van der Waals surface area contributed by atoms with Gasteiger partial charge in [-0.15, -0.1) is 0 Å². The highest BCUT2D eigenvalue weighted by atomic mass is 19.1. The first kappa shape index (κ1) is 22.6. The maximum Gasteiger partial charge on any atom is 0.141 e. The first-order valence-electron chi connectivity index (χ1n) is 11.8. The van der Waals surface area contributed by atoms with E-state index >= 15 is 0 Å². The van der Waals surface area contributed by atoms with Gasteiger partial charge in [0.2, 0.25) is 0 Å². The molecular weight excluding hydrogens is 433 g/mol. The second-order valence-corrected chi connectivity index (χ2v) is 9.10. The third kappa shape index (κ3) is 4.09. The highest BCUT2D eigenvalue weighted by Gasteiger charge is 2.26. The molecule has 0 radical (unpaired) electrons. The molecule has 1 aliphatic rings. The number of methoxy groups -OCH3 is 2. The average molecular weight is 464 g/mol. The highest BCUT2D eigenvalue weighted by molar-refractivity contribution is 5.84. The molecule has 0 atom stereocenters. The van der Waals surface area contributed by atoms with E-state index < -0.39 is 0 Å². The van der Waals surface area contributed by atoms with Crippen LogP contribution in [0.15, 0.2) is 40.9 Å². The van der Waals surface area contributed by atoms with Crippen LogP contribution >= 0.6 is 0 Å². The smallest absolute Gasteiger partial charge is 0.141 e. The second-order valence-electron chi connectivity index (χ2n) is 9.10. The minimum atomic E-state index is -0.309. The van der Waals surface area contributed by atoms with Crippen LogP contribution in [0.2, 0.25) is 0 Å². The summed E-state index contributed by atoms with van der Waals surface area (Å²) in [7, 11) is 3.36. The Morgan fingerprint density at radius 1 is 1.06 bits per heavy atom. The van der Waals surface area contributed by atoms with E-state index in [0.717, 1.165) is 70.7 Å². The van der Waals surface area contributed by atoms with Crippen LogP contribution in [0.5, 0.6) is 5.75 Å². The van der Waals surface area contributed by atoms with Crippen molar-refractivity contribution in [2.24, 2.45) is 0 Å². The number of aromatic nitrogens is 3. The lowest BCUT2D eigenvalue weighted by Crippen LogP contribution is -2.23. The van der Waals surface area contributed by atoms with Crippen molar-refractivity contribution in [1.82, 2.24) is 14.7 Å². The van der Waals surface area contributed by atoms with E-state index in [1.165, 1.54) is 12.1 Å². The third-order valence-corrected chi connectivity index (χ3v) is 7.02. The van der Waals surface area contributed by atoms with E-state index in [4.69, 9.17) is 19.0 Å². The Labute approximate surface area is 198 Å². The lowest BCUT2D eigenvalue weighted by atomic mass is 9.92. The van der Waals surface area contributed by atoms with Crippen LogP contribution in [0.3, 0.4) is 0 Å². The molecule has 0 aliphatic heterocycles. The molecule has 0 N–H and O–H groups in total. The van der Waals surface area contributed by atoms with Gasteiger partial charge in [0.05, 0.1) is 29.9 Å². The van der Waals surface area contributed by atoms with Gasteiger partial charge in [-0.2, -0.15) is 0 Å². The summed E-state index contributed by atoms with van der Waals surface area (Å²) in [5, 5.41) is 4.11. The van der Waals surface area contributed by atoms with Gasteiger partial charge in [0, 0.05) is 36.8 Å². The zero-order valence-electron chi connectivity index (χ0n) is 20.1. The van der Waals surface area contributed by atoms with E-state index in [0.29, 0.717) is 24.3 Å². The van der Waals surface area contributed by atoms with E-state index in [9.17, 15) is 4.39 Å². The number of fused-ring (bicyclic) bond motifs is 1. The van der Waals surface area contributed by atoms with Crippen molar-refractivity contribution >= 4 is 11.0 Å². The highest BCUT2D eigenvalue weighted by Crippen LogP contribution is 2.37. The van der Waals surface area contributed by atoms with Gasteiger partial charge in [0.15, 0.2) is 0 Å². The summed E-state index contributed by atoms with van der Waals surface area (Å²) in [6.07, 6.45) is 4.99. The molecule has 4 aromatic rings. The summed E-state index contributed by atoms with van der Waals surface area (Å²) < 4.78 is 32.6. The van der Waals surface area contributed by atoms with Gasteiger partial charge in [0.25, 0.3) is 0 Å². The Morgan fingerprint density at radius 2 is 1.85 bits per heavy atom. The van der Waals surface area contributed by atoms with Crippen LogP contribution in [-0.2, 0) is 11.2 Å². The number of hydrogen-bond donors (Lipinski definition) is 0. The van der Waals surface area contributed by atoms with Crippen molar-refractivity contribution in [1.29, 1.82) is 0 Å². The number of hydrogen-bond acceptors (Lipinski definition) is 5. The number of nitrogens with zero attached hydrogens (tertiary/aromatic N) is 3. The topological polar surface area (TPSA) is 62.3 Å². The van der Waals surface area contributed by atoms with Crippen molar-refractivity contribution in [3.05, 3.63) is 65.1 Å². The number of rotatable bonds is 6. The van der Waals surface area contributed by atoms with Gasteiger partial charge in [-0.3, -0.25) is 0 Å². The molecule has 5 rings (SSSR count). The van der Waals surface area contributed by atoms with Crippen molar-refractivity contribution < 1.29 is 18.4 Å². The lowest BCUT2D eigenvalue weighted by Gasteiger charge is -2.30. The van der Waals surface area contributed by atoms with Crippen molar-refractivity contribution in [2.75, 3.05) is 14.2 Å². The van der Waals surface area contributed by atoms with Crippen LogP contribution in [0.1, 0.15) is 54.6 Å². The average Bonchev–Trinajstić information content (AvgIpc) is 3.38. The molecule has 0 bridgehead atoms. The maximum atomic E-state index is 13.8. The van der Waals surface area contributed by atoms with Crippen molar-refractivity contribution in [2.45, 2.75) is 58.1 Å². The first-order valence-corrected chi connectivity index (χ1v) is 11.8. The van der Waals surface area contributed by atoms with Crippen molar-refractivity contribution in [3.8, 4) is 16.9 Å². The molecule has 1 aliphatic carbocycles. The fraction of sp³-hybridized carbons (Fsp3) is 0.407. The van der Waals surface area contributed by atoms with Crippen LogP contribution < -0.4 is 4.74 Å². The van der Waals surface area contributed by atoms with E-state index in [1.54, 1.807) is 20.3 Å². The Hall–Kier alpha value is -3.19. The summed E-state index contributed by atoms with van der Waals surface area (Å²) in [6, 6.07) is 11.4. The zero-order valence-corrected chi connectivity index (χ0v) is 20.1. The predicted octanol–water partition coefficient (Wildman–Crippen LogP) is 6.18. The van der Waals surface area contributed by atoms with Crippen LogP contribution in [0.25, 0.3) is 22.2 Å². The molecule has 178 valence electrons. The standard InChI is InChI=1S/C27H30FN3O3/c1-16-27(17(2)34-30-16)19-6-12-24-23(13-19)29-26(14-18-5-7-20(28)15-25(18)33-4)31(24)21-8-10-22(32-3)11-9-21/h5-7,12-13,15,21-22H,8-11,14H2,1-4H3. The van der Waals surface area contributed by atoms with Crippen molar-refractivity contribution in [3.63, 3.8) is 0 Å². The molecule has 0 spiro atoms. The number of halogens is 1. The molecule has 2 heterocycles.